The normalized spacial score (nSPS) is 16.9. The Kier molecular flexibility index (Phi) is 8.67. The van der Waals surface area contributed by atoms with Gasteiger partial charge in [0.1, 0.15) is 5.82 Å². The molecule has 43 heavy (non-hydrogen) atoms. The molecule has 0 atom stereocenters. The molecule has 1 aliphatic carbocycles. The molecule has 0 spiro atoms. The molecule has 2 aromatic carbocycles. The molecule has 1 amide bonds. The van der Waals surface area contributed by atoms with Gasteiger partial charge in [-0.3, -0.25) is 4.72 Å². The monoisotopic (exact) mass is 604 g/mol. The third kappa shape index (κ3) is 6.48. The highest BCUT2D eigenvalue weighted by Gasteiger charge is 2.27. The molecule has 1 aliphatic rings. The summed E-state index contributed by atoms with van der Waals surface area (Å²) in [4.78, 5) is 26.7. The molecule has 3 N–H and O–H groups in total. The van der Waals surface area contributed by atoms with Crippen LogP contribution in [0.25, 0.3) is 22.0 Å². The Balaban J connectivity index is 1.37. The van der Waals surface area contributed by atoms with Gasteiger partial charge in [0.25, 0.3) is 10.0 Å². The van der Waals surface area contributed by atoms with E-state index >= 15 is 0 Å². The van der Waals surface area contributed by atoms with Crippen molar-refractivity contribution < 1.29 is 23.1 Å². The van der Waals surface area contributed by atoms with E-state index in [2.05, 4.69) is 26.9 Å². The number of rotatable bonds is 9. The lowest BCUT2D eigenvalue weighted by Crippen LogP contribution is -2.41. The van der Waals surface area contributed by atoms with E-state index in [1.807, 2.05) is 12.1 Å². The summed E-state index contributed by atoms with van der Waals surface area (Å²) in [5, 5.41) is 13.6. The maximum atomic E-state index is 13.0. The second-order valence-corrected chi connectivity index (χ2v) is 12.4. The van der Waals surface area contributed by atoms with Gasteiger partial charge in [-0.05, 0) is 86.1 Å². The number of aryl methyl sites for hydroxylation is 2. The first-order chi connectivity index (χ1) is 20.6. The summed E-state index contributed by atoms with van der Waals surface area (Å²) in [5.41, 5.74) is 4.07. The van der Waals surface area contributed by atoms with E-state index in [1.54, 1.807) is 56.6 Å². The Hall–Kier alpha value is -4.45. The number of ether oxygens (including phenoxy) is 1. The topological polar surface area (TPSA) is 147 Å². The van der Waals surface area contributed by atoms with Gasteiger partial charge in [0.2, 0.25) is 11.8 Å². The number of aromatic nitrogens is 3. The third-order valence-corrected chi connectivity index (χ3v) is 9.52. The summed E-state index contributed by atoms with van der Waals surface area (Å²) in [5.74, 6) is 0.993. The number of methoxy groups -OCH3 is 1. The highest BCUT2D eigenvalue weighted by atomic mass is 32.2. The minimum atomic E-state index is -3.83. The predicted octanol–water partition coefficient (Wildman–Crippen LogP) is 5.70. The lowest BCUT2D eigenvalue weighted by molar-refractivity contribution is 0.125. The molecule has 5 rings (SSSR count). The van der Waals surface area contributed by atoms with Crippen molar-refractivity contribution in [2.75, 3.05) is 24.2 Å². The van der Waals surface area contributed by atoms with Crippen LogP contribution in [-0.2, 0) is 16.4 Å². The average Bonchev–Trinajstić information content (AvgIpc) is 3.00. The number of sulfonamides is 1. The number of nitrogens with one attached hydrogen (secondary N) is 2. The van der Waals surface area contributed by atoms with Crippen LogP contribution in [0.5, 0.6) is 5.88 Å². The van der Waals surface area contributed by atoms with E-state index < -0.39 is 16.1 Å². The number of pyridine rings is 1. The standard InChI is InChI=1S/C31H36N6O5S/c1-5-20-16-21(25-14-15-27(34-29(25)42-4)36-43(40,41)26-9-7-6-8-19(26)2)17-22-18-32-30(35-28(20)22)33-23-10-12-24(13-11-23)37(3)31(38)39/h6-9,14-18,23-24H,5,10-13H2,1-4H3,(H,34,36)(H,38,39)(H,32,33,35). The Bertz CT molecular complexity index is 1760. The van der Waals surface area contributed by atoms with E-state index in [0.717, 1.165) is 54.1 Å². The molecule has 0 saturated heterocycles. The van der Waals surface area contributed by atoms with Crippen LogP contribution >= 0.6 is 0 Å². The Labute approximate surface area is 251 Å². The second kappa shape index (κ2) is 12.4. The van der Waals surface area contributed by atoms with Gasteiger partial charge in [0, 0.05) is 36.3 Å². The zero-order valence-electron chi connectivity index (χ0n) is 24.7. The van der Waals surface area contributed by atoms with Crippen molar-refractivity contribution in [2.24, 2.45) is 0 Å². The largest absolute Gasteiger partial charge is 0.480 e. The Morgan fingerprint density at radius 1 is 1.09 bits per heavy atom. The summed E-state index contributed by atoms with van der Waals surface area (Å²) in [7, 11) is -0.699. The van der Waals surface area contributed by atoms with Gasteiger partial charge in [-0.2, -0.15) is 4.98 Å². The summed E-state index contributed by atoms with van der Waals surface area (Å²) >= 11 is 0. The minimum Gasteiger partial charge on any atom is -0.480 e. The molecule has 1 saturated carbocycles. The van der Waals surface area contributed by atoms with E-state index in [-0.39, 0.29) is 28.7 Å². The van der Waals surface area contributed by atoms with Crippen LogP contribution in [0.2, 0.25) is 0 Å². The zero-order chi connectivity index (χ0) is 30.7. The highest BCUT2D eigenvalue weighted by Crippen LogP contribution is 2.34. The Morgan fingerprint density at radius 2 is 1.84 bits per heavy atom. The van der Waals surface area contributed by atoms with Crippen molar-refractivity contribution in [1.29, 1.82) is 0 Å². The number of benzene rings is 2. The van der Waals surface area contributed by atoms with Crippen LogP contribution in [0.1, 0.15) is 43.7 Å². The molecule has 0 bridgehead atoms. The molecular formula is C31H36N6O5S. The second-order valence-electron chi connectivity index (χ2n) is 10.8. The quantitative estimate of drug-likeness (QED) is 0.219. The molecule has 0 radical (unpaired) electrons. The fourth-order valence-electron chi connectivity index (χ4n) is 5.58. The van der Waals surface area contributed by atoms with Crippen LogP contribution in [-0.4, -0.2) is 65.7 Å². The molecule has 226 valence electrons. The lowest BCUT2D eigenvalue weighted by atomic mass is 9.90. The first-order valence-corrected chi connectivity index (χ1v) is 15.7. The molecule has 2 heterocycles. The minimum absolute atomic E-state index is 0.0342. The van der Waals surface area contributed by atoms with Crippen LogP contribution in [0, 0.1) is 6.92 Å². The number of carboxylic acid groups (broad SMARTS) is 1. The Morgan fingerprint density at radius 3 is 2.51 bits per heavy atom. The third-order valence-electron chi connectivity index (χ3n) is 8.01. The predicted molar refractivity (Wildman–Crippen MR) is 166 cm³/mol. The summed E-state index contributed by atoms with van der Waals surface area (Å²) in [6.07, 6.45) is 4.89. The van der Waals surface area contributed by atoms with Gasteiger partial charge in [-0.15, -0.1) is 0 Å². The number of carbonyl (C=O) groups is 1. The summed E-state index contributed by atoms with van der Waals surface area (Å²) < 4.78 is 34.1. The summed E-state index contributed by atoms with van der Waals surface area (Å²) in [6.45, 7) is 3.81. The van der Waals surface area contributed by atoms with E-state index in [0.29, 0.717) is 17.1 Å². The molecule has 0 aliphatic heterocycles. The number of anilines is 2. The molecule has 2 aromatic heterocycles. The molecule has 11 nitrogen and oxygen atoms in total. The van der Waals surface area contributed by atoms with Crippen LogP contribution in [0.3, 0.4) is 0 Å². The van der Waals surface area contributed by atoms with Crippen molar-refractivity contribution in [2.45, 2.75) is 62.9 Å². The van der Waals surface area contributed by atoms with Crippen LogP contribution in [0.15, 0.2) is 59.6 Å². The van der Waals surface area contributed by atoms with Gasteiger partial charge < -0.3 is 20.1 Å². The first-order valence-electron chi connectivity index (χ1n) is 14.3. The van der Waals surface area contributed by atoms with Crippen molar-refractivity contribution >= 4 is 38.8 Å². The number of hydrogen-bond acceptors (Lipinski definition) is 8. The summed E-state index contributed by atoms with van der Waals surface area (Å²) in [6, 6.07) is 14.4. The van der Waals surface area contributed by atoms with Gasteiger partial charge >= 0.3 is 6.09 Å². The fraction of sp³-hybridized carbons (Fsp3) is 0.355. The van der Waals surface area contributed by atoms with E-state index in [4.69, 9.17) is 9.72 Å². The molecule has 4 aromatic rings. The van der Waals surface area contributed by atoms with Gasteiger partial charge in [-0.25, -0.2) is 23.2 Å². The average molecular weight is 605 g/mol. The SMILES string of the molecule is CCc1cc(-c2ccc(NS(=O)(=O)c3ccccc3C)nc2OC)cc2cnc(NC3CCC(N(C)C(=O)O)CC3)nc12. The number of hydrogen-bond donors (Lipinski definition) is 3. The molecule has 12 heteroatoms. The van der Waals surface area contributed by atoms with Crippen molar-refractivity contribution in [3.63, 3.8) is 0 Å². The number of amides is 1. The molecular weight excluding hydrogens is 568 g/mol. The number of nitrogens with zero attached hydrogens (tertiary/aromatic N) is 4. The smallest absolute Gasteiger partial charge is 0.407 e. The van der Waals surface area contributed by atoms with Gasteiger partial charge in [-0.1, -0.05) is 25.1 Å². The van der Waals surface area contributed by atoms with Crippen LogP contribution < -0.4 is 14.8 Å². The van der Waals surface area contributed by atoms with Gasteiger partial charge in [0.15, 0.2) is 0 Å². The van der Waals surface area contributed by atoms with Crippen molar-refractivity contribution in [1.82, 2.24) is 19.9 Å². The first kappa shape index (κ1) is 30.0. The highest BCUT2D eigenvalue weighted by molar-refractivity contribution is 7.92. The van der Waals surface area contributed by atoms with Crippen molar-refractivity contribution in [3.8, 4) is 17.0 Å². The van der Waals surface area contributed by atoms with Gasteiger partial charge in [0.05, 0.1) is 17.5 Å². The lowest BCUT2D eigenvalue weighted by Gasteiger charge is -2.33. The molecule has 1 fully saturated rings. The van der Waals surface area contributed by atoms with E-state index in [9.17, 15) is 18.3 Å². The van der Waals surface area contributed by atoms with Crippen molar-refractivity contribution in [3.05, 3.63) is 65.9 Å². The van der Waals surface area contributed by atoms with E-state index in [1.165, 1.54) is 12.0 Å². The van der Waals surface area contributed by atoms with Crippen LogP contribution in [0.4, 0.5) is 16.6 Å². The maximum Gasteiger partial charge on any atom is 0.407 e. The molecule has 0 unspecified atom stereocenters. The fourth-order valence-corrected chi connectivity index (χ4v) is 6.83. The number of fused-ring (bicyclic) bond motifs is 1. The maximum absolute atomic E-state index is 13.0. The zero-order valence-corrected chi connectivity index (χ0v) is 25.5.